The summed E-state index contributed by atoms with van der Waals surface area (Å²) in [5.74, 6) is 0. The quantitative estimate of drug-likeness (QED) is 0.626. The molecule has 2 aliphatic rings. The van der Waals surface area contributed by atoms with E-state index in [4.69, 9.17) is 4.74 Å². The van der Waals surface area contributed by atoms with Gasteiger partial charge in [0.25, 0.3) is 0 Å². The van der Waals surface area contributed by atoms with Crippen molar-refractivity contribution in [3.63, 3.8) is 0 Å². The van der Waals surface area contributed by atoms with Crippen LogP contribution in [0.25, 0.3) is 0 Å². The van der Waals surface area contributed by atoms with E-state index in [1.807, 2.05) is 0 Å². The van der Waals surface area contributed by atoms with Crippen molar-refractivity contribution in [2.45, 2.75) is 31.0 Å². The first kappa shape index (κ1) is 10.4. The Morgan fingerprint density at radius 2 is 2.00 bits per heavy atom. The summed E-state index contributed by atoms with van der Waals surface area (Å²) in [6.07, 6.45) is 1.99. The fraction of sp³-hybridized carbons (Fsp3) is 1.00. The van der Waals surface area contributed by atoms with E-state index in [9.17, 15) is 5.11 Å². The van der Waals surface area contributed by atoms with Crippen molar-refractivity contribution >= 4 is 0 Å². The van der Waals surface area contributed by atoms with E-state index < -0.39 is 0 Å². The molecule has 0 saturated carbocycles. The predicted molar refractivity (Wildman–Crippen MR) is 54.3 cm³/mol. The molecule has 0 radical (unpaired) electrons. The van der Waals surface area contributed by atoms with Gasteiger partial charge in [-0.05, 0) is 19.9 Å². The summed E-state index contributed by atoms with van der Waals surface area (Å²) in [4.78, 5) is 2.33. The Morgan fingerprint density at radius 3 is 2.57 bits per heavy atom. The molecule has 2 unspecified atom stereocenters. The zero-order chi connectivity index (χ0) is 9.97. The van der Waals surface area contributed by atoms with Crippen LogP contribution in [0.4, 0.5) is 0 Å². The molecule has 2 atom stereocenters. The van der Waals surface area contributed by atoms with E-state index in [1.165, 1.54) is 0 Å². The molecule has 4 heteroatoms. The number of hydrogen-bond donors (Lipinski definition) is 2. The first-order valence-electron chi connectivity index (χ1n) is 5.47. The van der Waals surface area contributed by atoms with Crippen molar-refractivity contribution < 1.29 is 9.84 Å². The molecule has 2 saturated heterocycles. The molecule has 0 aromatic carbocycles. The van der Waals surface area contributed by atoms with Gasteiger partial charge in [0.2, 0.25) is 0 Å². The maximum absolute atomic E-state index is 9.75. The van der Waals surface area contributed by atoms with Crippen LogP contribution >= 0.6 is 0 Å². The summed E-state index contributed by atoms with van der Waals surface area (Å²) in [5.41, 5.74) is 0. The summed E-state index contributed by atoms with van der Waals surface area (Å²) >= 11 is 0. The molecular weight excluding hydrogens is 180 g/mol. The zero-order valence-electron chi connectivity index (χ0n) is 8.78. The summed E-state index contributed by atoms with van der Waals surface area (Å²) < 4.78 is 5.33. The number of aliphatic hydroxyl groups excluding tert-OH is 1. The number of ether oxygens (including phenoxy) is 1. The Hall–Kier alpha value is -0.160. The highest BCUT2D eigenvalue weighted by Crippen LogP contribution is 2.18. The molecule has 2 aliphatic heterocycles. The van der Waals surface area contributed by atoms with Crippen molar-refractivity contribution in [3.05, 3.63) is 0 Å². The van der Waals surface area contributed by atoms with Crippen molar-refractivity contribution in [3.8, 4) is 0 Å². The molecule has 0 aromatic heterocycles. The van der Waals surface area contributed by atoms with E-state index >= 15 is 0 Å². The van der Waals surface area contributed by atoms with E-state index in [2.05, 4.69) is 17.3 Å². The second kappa shape index (κ2) is 4.57. The van der Waals surface area contributed by atoms with Gasteiger partial charge in [-0.1, -0.05) is 0 Å². The highest BCUT2D eigenvalue weighted by molar-refractivity contribution is 4.90. The van der Waals surface area contributed by atoms with Gasteiger partial charge < -0.3 is 15.2 Å². The van der Waals surface area contributed by atoms with Crippen LogP contribution in [0.2, 0.25) is 0 Å². The number of aliphatic hydroxyl groups is 1. The second-order valence-electron chi connectivity index (χ2n) is 4.30. The smallest absolute Gasteiger partial charge is 0.0831 e. The molecule has 0 bridgehead atoms. The Bertz CT molecular complexity index is 183. The van der Waals surface area contributed by atoms with Gasteiger partial charge in [-0.15, -0.1) is 0 Å². The zero-order valence-corrected chi connectivity index (χ0v) is 8.78. The van der Waals surface area contributed by atoms with Crippen molar-refractivity contribution in [2.24, 2.45) is 0 Å². The van der Waals surface area contributed by atoms with Gasteiger partial charge in [0, 0.05) is 38.4 Å². The van der Waals surface area contributed by atoms with Gasteiger partial charge in [0.1, 0.15) is 0 Å². The van der Waals surface area contributed by atoms with E-state index in [0.29, 0.717) is 6.04 Å². The molecule has 0 spiro atoms. The molecule has 0 aromatic rings. The molecule has 2 fully saturated rings. The fourth-order valence-electron chi connectivity index (χ4n) is 2.43. The number of β-amino-alcohol motifs (C(OH)–C–C–N with tert-alkyl or cyclic N) is 1. The minimum absolute atomic E-state index is 0.206. The Kier molecular flexibility index (Phi) is 3.38. The molecule has 82 valence electrons. The lowest BCUT2D eigenvalue weighted by Gasteiger charge is -2.36. The van der Waals surface area contributed by atoms with Crippen molar-refractivity contribution in [1.82, 2.24) is 10.2 Å². The van der Waals surface area contributed by atoms with Crippen molar-refractivity contribution in [2.75, 3.05) is 33.4 Å². The van der Waals surface area contributed by atoms with Gasteiger partial charge in [-0.2, -0.15) is 0 Å². The predicted octanol–water partition coefficient (Wildman–Crippen LogP) is -0.570. The molecular formula is C10H20N2O2. The normalized spacial score (nSPS) is 35.4. The van der Waals surface area contributed by atoms with Crippen LogP contribution < -0.4 is 5.32 Å². The fourth-order valence-corrected chi connectivity index (χ4v) is 2.43. The largest absolute Gasteiger partial charge is 0.390 e. The molecule has 0 amide bonds. The number of likely N-dealkylation sites (N-methyl/N-ethyl adjacent to an activating group) is 1. The summed E-state index contributed by atoms with van der Waals surface area (Å²) in [6.45, 7) is 3.38. The van der Waals surface area contributed by atoms with Crippen molar-refractivity contribution in [1.29, 1.82) is 0 Å². The third-order valence-corrected chi connectivity index (χ3v) is 3.44. The van der Waals surface area contributed by atoms with E-state index in [-0.39, 0.29) is 12.1 Å². The molecule has 0 aliphatic carbocycles. The van der Waals surface area contributed by atoms with Crippen LogP contribution in [0, 0.1) is 0 Å². The molecule has 2 heterocycles. The average molecular weight is 200 g/mol. The lowest BCUT2D eigenvalue weighted by atomic mass is 10.0. The average Bonchev–Trinajstić information content (AvgIpc) is 2.65. The molecule has 2 N–H and O–H groups in total. The summed E-state index contributed by atoms with van der Waals surface area (Å²) in [6, 6.07) is 0.876. The third-order valence-electron chi connectivity index (χ3n) is 3.44. The lowest BCUT2D eigenvalue weighted by Crippen LogP contribution is -2.48. The molecule has 2 rings (SSSR count). The summed E-state index contributed by atoms with van der Waals surface area (Å²) in [5, 5.41) is 13.0. The minimum atomic E-state index is -0.206. The van der Waals surface area contributed by atoms with Gasteiger partial charge in [-0.25, -0.2) is 0 Å². The van der Waals surface area contributed by atoms with Crippen LogP contribution in [-0.2, 0) is 4.74 Å². The standard InChI is InChI=1S/C10H20N2O2/c1-12(8-2-4-14-5-3-8)9-6-11-7-10(9)13/h8-11,13H,2-7H2,1H3. The summed E-state index contributed by atoms with van der Waals surface area (Å²) in [7, 11) is 2.12. The Morgan fingerprint density at radius 1 is 1.29 bits per heavy atom. The first-order valence-corrected chi connectivity index (χ1v) is 5.47. The maximum atomic E-state index is 9.75. The van der Waals surface area contributed by atoms with Crippen LogP contribution in [0.15, 0.2) is 0 Å². The monoisotopic (exact) mass is 200 g/mol. The molecule has 4 nitrogen and oxygen atoms in total. The van der Waals surface area contributed by atoms with Gasteiger partial charge >= 0.3 is 0 Å². The second-order valence-corrected chi connectivity index (χ2v) is 4.30. The lowest BCUT2D eigenvalue weighted by molar-refractivity contribution is 0.00838. The van der Waals surface area contributed by atoms with E-state index in [1.54, 1.807) is 0 Å². The van der Waals surface area contributed by atoms with Gasteiger partial charge in [-0.3, -0.25) is 4.90 Å². The van der Waals surface area contributed by atoms with Crippen LogP contribution in [-0.4, -0.2) is 61.5 Å². The van der Waals surface area contributed by atoms with Crippen LogP contribution in [0.5, 0.6) is 0 Å². The maximum Gasteiger partial charge on any atom is 0.0831 e. The van der Waals surface area contributed by atoms with Crippen LogP contribution in [0.1, 0.15) is 12.8 Å². The number of rotatable bonds is 2. The van der Waals surface area contributed by atoms with E-state index in [0.717, 1.165) is 39.1 Å². The highest BCUT2D eigenvalue weighted by Gasteiger charge is 2.32. The third kappa shape index (κ3) is 2.08. The SMILES string of the molecule is CN(C1CCOCC1)C1CNCC1O. The number of nitrogens with one attached hydrogen (secondary N) is 1. The topological polar surface area (TPSA) is 44.7 Å². The minimum Gasteiger partial charge on any atom is -0.390 e. The van der Waals surface area contributed by atoms with Crippen LogP contribution in [0.3, 0.4) is 0 Å². The Labute approximate surface area is 85.2 Å². The van der Waals surface area contributed by atoms with Gasteiger partial charge in [0.05, 0.1) is 6.10 Å². The number of hydrogen-bond acceptors (Lipinski definition) is 4. The highest BCUT2D eigenvalue weighted by atomic mass is 16.5. The Balaban J connectivity index is 1.89. The first-order chi connectivity index (χ1) is 6.79. The molecule has 14 heavy (non-hydrogen) atoms. The number of nitrogens with zero attached hydrogens (tertiary/aromatic N) is 1. The van der Waals surface area contributed by atoms with Gasteiger partial charge in [0.15, 0.2) is 0 Å².